The zero-order valence-electron chi connectivity index (χ0n) is 21.2. The van der Waals surface area contributed by atoms with Crippen molar-refractivity contribution in [2.24, 2.45) is 5.92 Å². The van der Waals surface area contributed by atoms with Gasteiger partial charge in [0.1, 0.15) is 11.9 Å². The van der Waals surface area contributed by atoms with E-state index in [0.29, 0.717) is 62.6 Å². The third-order valence-corrected chi connectivity index (χ3v) is 6.56. The lowest BCUT2D eigenvalue weighted by Gasteiger charge is -2.22. The van der Waals surface area contributed by atoms with Gasteiger partial charge in [0, 0.05) is 36.1 Å². The minimum absolute atomic E-state index is 0.377. The average Bonchev–Trinajstić information content (AvgIpc) is 3.60. The van der Waals surface area contributed by atoms with Crippen molar-refractivity contribution < 1.29 is 5.76 Å². The average molecular weight is 507 g/mol. The summed E-state index contributed by atoms with van der Waals surface area (Å²) in [6.45, 7) is 4.98. The molecule has 0 bridgehead atoms. The second-order valence-corrected chi connectivity index (χ2v) is 9.95. The number of hydrazine groups is 2. The normalized spacial score (nSPS) is 17.3. The van der Waals surface area contributed by atoms with Crippen molar-refractivity contribution in [2.45, 2.75) is 45.2 Å². The Balaban J connectivity index is 1.57. The van der Waals surface area contributed by atoms with Gasteiger partial charge < -0.3 is 16.1 Å². The number of nitriles is 1. The Morgan fingerprint density at radius 3 is 2.78 bits per heavy atom. The molecule has 1 fully saturated rings. The number of rotatable bonds is 9. The molecule has 1 unspecified atom stereocenters. The van der Waals surface area contributed by atoms with Crippen LogP contribution >= 0.6 is 11.6 Å². The van der Waals surface area contributed by atoms with Gasteiger partial charge in [0.05, 0.1) is 34.9 Å². The fraction of sp³-hybridized carbons (Fsp3) is 0.333. The number of hydrogen-bond donors (Lipinski definition) is 4. The third-order valence-electron chi connectivity index (χ3n) is 6.27. The van der Waals surface area contributed by atoms with Gasteiger partial charge in [0.15, 0.2) is 0 Å². The van der Waals surface area contributed by atoms with Gasteiger partial charge in [-0.3, -0.25) is 9.99 Å². The Hall–Kier alpha value is -3.54. The number of nitrogens with zero attached hydrogens (tertiary/aromatic N) is 3. The van der Waals surface area contributed by atoms with Crippen LogP contribution in [0.15, 0.2) is 54.5 Å². The maximum absolute atomic E-state index is 13.8. The van der Waals surface area contributed by atoms with E-state index in [4.69, 9.17) is 11.6 Å². The summed E-state index contributed by atoms with van der Waals surface area (Å²) in [4.78, 5) is 4.42. The predicted molar refractivity (Wildman–Crippen MR) is 141 cm³/mol. The SMILES string of the molecule is [2H]C(Nc1cc(Cl)c2ncc(C#N)c(NCCC(C)C)c2c1)(C1=CN(C2CC2)NN1)c1ccc(F)cc1. The van der Waals surface area contributed by atoms with Crippen molar-refractivity contribution in [3.63, 3.8) is 0 Å². The van der Waals surface area contributed by atoms with Gasteiger partial charge >= 0.3 is 0 Å². The molecule has 7 nitrogen and oxygen atoms in total. The number of fused-ring (bicyclic) bond motifs is 1. The first kappa shape index (κ1) is 22.9. The molecule has 9 heteroatoms. The number of halogens is 2. The van der Waals surface area contributed by atoms with E-state index >= 15 is 0 Å². The van der Waals surface area contributed by atoms with Gasteiger partial charge in [-0.25, -0.2) is 4.39 Å². The van der Waals surface area contributed by atoms with Crippen LogP contribution in [0.5, 0.6) is 0 Å². The topological polar surface area (TPSA) is 88.0 Å². The maximum Gasteiger partial charge on any atom is 0.123 e. The fourth-order valence-electron chi connectivity index (χ4n) is 4.15. The number of aromatic nitrogens is 1. The predicted octanol–water partition coefficient (Wildman–Crippen LogP) is 5.84. The molecule has 2 aliphatic rings. The molecule has 0 spiro atoms. The molecule has 3 aromatic rings. The highest BCUT2D eigenvalue weighted by molar-refractivity contribution is 6.35. The highest BCUT2D eigenvalue weighted by atomic mass is 35.5. The number of nitrogens with one attached hydrogen (secondary N) is 4. The molecular weight excluding hydrogens is 477 g/mol. The van der Waals surface area contributed by atoms with Crippen LogP contribution in [0.1, 0.15) is 51.6 Å². The lowest BCUT2D eigenvalue weighted by Crippen LogP contribution is -2.38. The van der Waals surface area contributed by atoms with Crippen LogP contribution in [0, 0.1) is 23.1 Å². The van der Waals surface area contributed by atoms with Crippen LogP contribution in [-0.4, -0.2) is 22.6 Å². The lowest BCUT2D eigenvalue weighted by atomic mass is 10.0. The Morgan fingerprint density at radius 1 is 1.31 bits per heavy atom. The molecule has 4 N–H and O–H groups in total. The van der Waals surface area contributed by atoms with Gasteiger partial charge in [-0.05, 0) is 55.0 Å². The van der Waals surface area contributed by atoms with Gasteiger partial charge in [0.2, 0.25) is 0 Å². The van der Waals surface area contributed by atoms with E-state index in [1.54, 1.807) is 18.2 Å². The summed E-state index contributed by atoms with van der Waals surface area (Å²) >= 11 is 6.67. The van der Waals surface area contributed by atoms with Crippen molar-refractivity contribution in [3.05, 3.63) is 76.5 Å². The van der Waals surface area contributed by atoms with Crippen LogP contribution in [0.2, 0.25) is 5.02 Å². The molecule has 0 amide bonds. The number of anilines is 2. The summed E-state index contributed by atoms with van der Waals surface area (Å²) in [5, 5.41) is 19.5. The molecular formula is C27H29ClFN7. The van der Waals surface area contributed by atoms with E-state index in [2.05, 4.69) is 46.5 Å². The van der Waals surface area contributed by atoms with Crippen molar-refractivity contribution in [1.82, 2.24) is 21.0 Å². The molecule has 2 aromatic carbocycles. The maximum atomic E-state index is 13.8. The van der Waals surface area contributed by atoms with Crippen molar-refractivity contribution >= 4 is 33.9 Å². The van der Waals surface area contributed by atoms with Crippen molar-refractivity contribution in [2.75, 3.05) is 17.2 Å². The second-order valence-electron chi connectivity index (χ2n) is 9.55. The van der Waals surface area contributed by atoms with Crippen LogP contribution in [0.3, 0.4) is 0 Å². The molecule has 1 aliphatic heterocycles. The fourth-order valence-corrected chi connectivity index (χ4v) is 4.42. The minimum Gasteiger partial charge on any atom is -0.383 e. The largest absolute Gasteiger partial charge is 0.383 e. The van der Waals surface area contributed by atoms with Crippen LogP contribution in [0.4, 0.5) is 15.8 Å². The Labute approximate surface area is 216 Å². The third kappa shape index (κ3) is 5.18. The molecule has 186 valence electrons. The number of pyridine rings is 1. The van der Waals surface area contributed by atoms with E-state index < -0.39 is 6.02 Å². The first-order valence-electron chi connectivity index (χ1n) is 12.6. The molecule has 36 heavy (non-hydrogen) atoms. The van der Waals surface area contributed by atoms with Gasteiger partial charge in [-0.15, -0.1) is 5.53 Å². The molecule has 1 saturated carbocycles. The number of benzene rings is 2. The molecule has 1 atom stereocenters. The molecule has 2 heterocycles. The molecule has 0 radical (unpaired) electrons. The molecule has 5 rings (SSSR count). The Bertz CT molecular complexity index is 1380. The van der Waals surface area contributed by atoms with Crippen molar-refractivity contribution in [3.8, 4) is 6.07 Å². The summed E-state index contributed by atoms with van der Waals surface area (Å²) in [7, 11) is 0. The van der Waals surface area contributed by atoms with E-state index in [1.165, 1.54) is 18.3 Å². The first-order chi connectivity index (χ1) is 17.8. The smallest absolute Gasteiger partial charge is 0.123 e. The quantitative estimate of drug-likeness (QED) is 0.290. The highest BCUT2D eigenvalue weighted by Crippen LogP contribution is 2.36. The first-order valence-corrected chi connectivity index (χ1v) is 12.5. The molecule has 0 saturated heterocycles. The van der Waals surface area contributed by atoms with Gasteiger partial charge in [-0.2, -0.15) is 5.26 Å². The standard InChI is InChI=1S/C27H29ClFN7/c1-16(2)9-10-31-25-18(13-30)14-32-27-22(25)11-20(12-23(27)28)33-26(17-3-5-19(29)6-4-17)24-15-36(35-34-24)21-7-8-21/h3-6,11-12,14-16,21,26,33-35H,7-10H2,1-2H3,(H,31,32)/i26D. The Morgan fingerprint density at radius 2 is 2.08 bits per heavy atom. The zero-order valence-corrected chi connectivity index (χ0v) is 21.0. The summed E-state index contributed by atoms with van der Waals surface area (Å²) in [6, 6.07) is 10.5. The monoisotopic (exact) mass is 506 g/mol. The lowest BCUT2D eigenvalue weighted by molar-refractivity contribution is 0.260. The summed E-state index contributed by atoms with van der Waals surface area (Å²) in [5.74, 6) is 0.126. The van der Waals surface area contributed by atoms with Gasteiger partial charge in [-0.1, -0.05) is 37.6 Å². The second kappa shape index (κ2) is 10.2. The molecule has 1 aliphatic carbocycles. The summed E-state index contributed by atoms with van der Waals surface area (Å²) in [6.07, 6.45) is 6.49. The van der Waals surface area contributed by atoms with Crippen LogP contribution < -0.4 is 21.6 Å². The molecule has 1 aromatic heterocycles. The number of hydrogen-bond acceptors (Lipinski definition) is 7. The van der Waals surface area contributed by atoms with E-state index in [1.807, 2.05) is 17.3 Å². The Kier molecular flexibility index (Phi) is 6.50. The van der Waals surface area contributed by atoms with Crippen molar-refractivity contribution in [1.29, 1.82) is 5.26 Å². The summed E-state index contributed by atoms with van der Waals surface area (Å²) < 4.78 is 23.3. The van der Waals surface area contributed by atoms with E-state index in [-0.39, 0.29) is 5.82 Å². The highest BCUT2D eigenvalue weighted by Gasteiger charge is 2.32. The summed E-state index contributed by atoms with van der Waals surface area (Å²) in [5.41, 5.74) is 9.54. The van der Waals surface area contributed by atoms with Crippen LogP contribution in [-0.2, 0) is 0 Å². The zero-order chi connectivity index (χ0) is 26.2. The van der Waals surface area contributed by atoms with E-state index in [0.717, 1.165) is 19.3 Å². The minimum atomic E-state index is -1.49. The van der Waals surface area contributed by atoms with E-state index in [9.17, 15) is 11.0 Å². The van der Waals surface area contributed by atoms with Gasteiger partial charge in [0.25, 0.3) is 0 Å². The van der Waals surface area contributed by atoms with Crippen LogP contribution in [0.25, 0.3) is 10.9 Å².